The maximum atomic E-state index is 13.9. The van der Waals surface area contributed by atoms with Crippen LogP contribution in [0.4, 0.5) is 15.8 Å². The average molecular weight is 281 g/mol. The number of hydrogen-bond acceptors (Lipinski definition) is 4. The van der Waals surface area contributed by atoms with E-state index in [0.29, 0.717) is 17.9 Å². The van der Waals surface area contributed by atoms with E-state index in [1.807, 2.05) is 0 Å². The van der Waals surface area contributed by atoms with Crippen molar-refractivity contribution in [3.05, 3.63) is 24.0 Å². The molecule has 6 heteroatoms. The lowest BCUT2D eigenvalue weighted by Crippen LogP contribution is -2.25. The second kappa shape index (κ2) is 7.21. The molecule has 0 aliphatic carbocycles. The Kier molecular flexibility index (Phi) is 5.31. The molecule has 1 aromatic carbocycles. The van der Waals surface area contributed by atoms with Crippen LogP contribution in [0.2, 0.25) is 0 Å². The van der Waals surface area contributed by atoms with Crippen molar-refractivity contribution in [2.24, 2.45) is 0 Å². The fourth-order valence-electron chi connectivity index (χ4n) is 2.13. The molecule has 20 heavy (non-hydrogen) atoms. The molecule has 1 aromatic rings. The van der Waals surface area contributed by atoms with Gasteiger partial charge in [0.05, 0.1) is 18.3 Å². The molecule has 1 aliphatic heterocycles. The number of rotatable bonds is 6. The van der Waals surface area contributed by atoms with Crippen LogP contribution in [0, 0.1) is 5.82 Å². The Balaban J connectivity index is 1.89. The van der Waals surface area contributed by atoms with E-state index >= 15 is 0 Å². The predicted octanol–water partition coefficient (Wildman–Crippen LogP) is 1.57. The maximum Gasteiger partial charge on any atom is 0.238 e. The summed E-state index contributed by atoms with van der Waals surface area (Å²) >= 11 is 0. The smallest absolute Gasteiger partial charge is 0.238 e. The van der Waals surface area contributed by atoms with Crippen LogP contribution in [0.25, 0.3) is 0 Å². The van der Waals surface area contributed by atoms with Gasteiger partial charge < -0.3 is 20.7 Å². The quantitative estimate of drug-likeness (QED) is 0.741. The van der Waals surface area contributed by atoms with Gasteiger partial charge in [0.15, 0.2) is 0 Å². The van der Waals surface area contributed by atoms with Gasteiger partial charge in [-0.25, -0.2) is 4.39 Å². The Bertz CT molecular complexity index is 462. The van der Waals surface area contributed by atoms with Crippen LogP contribution >= 0.6 is 0 Å². The molecule has 1 fully saturated rings. The van der Waals surface area contributed by atoms with Gasteiger partial charge in [-0.2, -0.15) is 0 Å². The van der Waals surface area contributed by atoms with Crippen LogP contribution in [0.1, 0.15) is 12.8 Å². The van der Waals surface area contributed by atoms with Crippen LogP contribution in [-0.4, -0.2) is 38.8 Å². The number of anilines is 2. The normalized spacial score (nSPS) is 18.0. The molecule has 2 rings (SSSR count). The lowest BCUT2D eigenvalue weighted by atomic mass is 10.2. The van der Waals surface area contributed by atoms with Crippen molar-refractivity contribution >= 4 is 17.3 Å². The maximum absolute atomic E-state index is 13.9. The van der Waals surface area contributed by atoms with Crippen LogP contribution < -0.4 is 16.0 Å². The van der Waals surface area contributed by atoms with E-state index in [-0.39, 0.29) is 24.4 Å². The third-order valence-corrected chi connectivity index (χ3v) is 3.13. The zero-order valence-corrected chi connectivity index (χ0v) is 11.5. The molecule has 0 saturated carbocycles. The van der Waals surface area contributed by atoms with E-state index < -0.39 is 0 Å². The second-order valence-corrected chi connectivity index (χ2v) is 4.79. The van der Waals surface area contributed by atoms with Crippen LogP contribution in [0.3, 0.4) is 0 Å². The Morgan fingerprint density at radius 1 is 1.50 bits per heavy atom. The number of carbonyl (C=O) groups is 1. The molecular weight excluding hydrogens is 261 g/mol. The van der Waals surface area contributed by atoms with Crippen molar-refractivity contribution in [3.8, 4) is 0 Å². The van der Waals surface area contributed by atoms with Crippen LogP contribution in [0.5, 0.6) is 0 Å². The lowest BCUT2D eigenvalue weighted by Gasteiger charge is -2.13. The first kappa shape index (κ1) is 14.7. The summed E-state index contributed by atoms with van der Waals surface area (Å²) < 4.78 is 19.4. The van der Waals surface area contributed by atoms with Crippen molar-refractivity contribution in [1.29, 1.82) is 0 Å². The molecule has 3 N–H and O–H groups in total. The van der Waals surface area contributed by atoms with E-state index in [9.17, 15) is 9.18 Å². The molecule has 1 unspecified atom stereocenters. The Morgan fingerprint density at radius 3 is 3.00 bits per heavy atom. The van der Waals surface area contributed by atoms with Gasteiger partial charge in [-0.3, -0.25) is 4.79 Å². The minimum absolute atomic E-state index is 0.157. The number of benzene rings is 1. The first-order valence-corrected chi connectivity index (χ1v) is 6.78. The van der Waals surface area contributed by atoms with Crippen molar-refractivity contribution in [2.75, 3.05) is 37.4 Å². The van der Waals surface area contributed by atoms with E-state index in [1.54, 1.807) is 19.2 Å². The lowest BCUT2D eigenvalue weighted by molar-refractivity contribution is -0.115. The van der Waals surface area contributed by atoms with E-state index in [0.717, 1.165) is 19.4 Å². The van der Waals surface area contributed by atoms with Gasteiger partial charge in [-0.05, 0) is 38.1 Å². The summed E-state index contributed by atoms with van der Waals surface area (Å²) in [6, 6.07) is 4.61. The van der Waals surface area contributed by atoms with Crippen molar-refractivity contribution in [1.82, 2.24) is 5.32 Å². The number of halogens is 1. The number of nitrogens with one attached hydrogen (secondary N) is 3. The standard InChI is InChI=1S/C14H20FN3O2/c1-16-9-14(19)18-10-4-5-13(12(15)7-10)17-8-11-3-2-6-20-11/h4-5,7,11,16-17H,2-3,6,8-9H2,1H3,(H,18,19). The third kappa shape index (κ3) is 4.18. The topological polar surface area (TPSA) is 62.4 Å². The molecule has 0 aromatic heterocycles. The molecule has 0 radical (unpaired) electrons. The molecule has 1 atom stereocenters. The molecule has 1 aliphatic rings. The number of amides is 1. The minimum atomic E-state index is -0.384. The first-order valence-electron chi connectivity index (χ1n) is 6.78. The summed E-state index contributed by atoms with van der Waals surface area (Å²) in [4.78, 5) is 11.4. The highest BCUT2D eigenvalue weighted by Crippen LogP contribution is 2.20. The zero-order valence-electron chi connectivity index (χ0n) is 11.5. The summed E-state index contributed by atoms with van der Waals surface area (Å²) in [6.07, 6.45) is 2.22. The van der Waals surface area contributed by atoms with E-state index in [1.165, 1.54) is 6.07 Å². The Labute approximate surface area is 117 Å². The highest BCUT2D eigenvalue weighted by molar-refractivity contribution is 5.92. The highest BCUT2D eigenvalue weighted by atomic mass is 19.1. The molecule has 1 saturated heterocycles. The monoisotopic (exact) mass is 281 g/mol. The molecule has 0 spiro atoms. The summed E-state index contributed by atoms with van der Waals surface area (Å²) in [5.74, 6) is -0.586. The van der Waals surface area contributed by atoms with E-state index in [2.05, 4.69) is 16.0 Å². The summed E-state index contributed by atoms with van der Waals surface area (Å²) in [5.41, 5.74) is 0.873. The SMILES string of the molecule is CNCC(=O)Nc1ccc(NCC2CCCO2)c(F)c1. The molecule has 1 heterocycles. The van der Waals surface area contributed by atoms with Gasteiger partial charge in [-0.15, -0.1) is 0 Å². The molecular formula is C14H20FN3O2. The largest absolute Gasteiger partial charge is 0.380 e. The van der Waals surface area contributed by atoms with Crippen LogP contribution in [-0.2, 0) is 9.53 Å². The minimum Gasteiger partial charge on any atom is -0.380 e. The van der Waals surface area contributed by atoms with Gasteiger partial charge in [0.25, 0.3) is 0 Å². The third-order valence-electron chi connectivity index (χ3n) is 3.13. The average Bonchev–Trinajstić information content (AvgIpc) is 2.91. The Hall–Kier alpha value is -1.66. The Morgan fingerprint density at radius 2 is 2.35 bits per heavy atom. The summed E-state index contributed by atoms with van der Waals surface area (Å²) in [6.45, 7) is 1.58. The molecule has 1 amide bonds. The van der Waals surface area contributed by atoms with Crippen LogP contribution in [0.15, 0.2) is 18.2 Å². The zero-order chi connectivity index (χ0) is 14.4. The summed E-state index contributed by atoms with van der Waals surface area (Å²) in [7, 11) is 1.68. The molecule has 110 valence electrons. The van der Waals surface area contributed by atoms with Gasteiger partial charge in [0, 0.05) is 18.8 Å². The predicted molar refractivity (Wildman–Crippen MR) is 76.4 cm³/mol. The fraction of sp³-hybridized carbons (Fsp3) is 0.500. The van der Waals surface area contributed by atoms with Gasteiger partial charge in [0.2, 0.25) is 5.91 Å². The number of hydrogen-bond donors (Lipinski definition) is 3. The van der Waals surface area contributed by atoms with E-state index in [4.69, 9.17) is 4.74 Å². The molecule has 5 nitrogen and oxygen atoms in total. The number of ether oxygens (including phenoxy) is 1. The van der Waals surface area contributed by atoms with Crippen molar-refractivity contribution in [3.63, 3.8) is 0 Å². The van der Waals surface area contributed by atoms with Crippen molar-refractivity contribution < 1.29 is 13.9 Å². The van der Waals surface area contributed by atoms with Gasteiger partial charge in [-0.1, -0.05) is 0 Å². The first-order chi connectivity index (χ1) is 9.69. The van der Waals surface area contributed by atoms with Gasteiger partial charge in [0.1, 0.15) is 5.82 Å². The molecule has 0 bridgehead atoms. The fourth-order valence-corrected chi connectivity index (χ4v) is 2.13. The second-order valence-electron chi connectivity index (χ2n) is 4.79. The van der Waals surface area contributed by atoms with Gasteiger partial charge >= 0.3 is 0 Å². The van der Waals surface area contributed by atoms with Crippen molar-refractivity contribution in [2.45, 2.75) is 18.9 Å². The highest BCUT2D eigenvalue weighted by Gasteiger charge is 2.15. The summed E-state index contributed by atoms with van der Waals surface area (Å²) in [5, 5.41) is 8.38. The number of likely N-dealkylation sites (N-methyl/N-ethyl adjacent to an activating group) is 1. The number of carbonyl (C=O) groups excluding carboxylic acids is 1.